The summed E-state index contributed by atoms with van der Waals surface area (Å²) in [6, 6.07) is 8.50. The summed E-state index contributed by atoms with van der Waals surface area (Å²) in [5, 5.41) is 6.45. The molecule has 2 N–H and O–H groups in total. The maximum atomic E-state index is 12.1. The Morgan fingerprint density at radius 3 is 3.18 bits per heavy atom. The topological polar surface area (TPSA) is 59.0 Å². The van der Waals surface area contributed by atoms with Gasteiger partial charge in [-0.05, 0) is 44.0 Å². The minimum Gasteiger partial charge on any atom is -0.350 e. The molecule has 2 heterocycles. The second-order valence-electron chi connectivity index (χ2n) is 5.85. The highest BCUT2D eigenvalue weighted by atomic mass is 16.1. The van der Waals surface area contributed by atoms with Gasteiger partial charge in [-0.1, -0.05) is 12.1 Å². The van der Waals surface area contributed by atoms with Crippen molar-refractivity contribution >= 4 is 5.91 Å². The van der Waals surface area contributed by atoms with Crippen molar-refractivity contribution < 1.29 is 4.79 Å². The first kappa shape index (κ1) is 14.8. The normalized spacial score (nSPS) is 19.0. The zero-order chi connectivity index (χ0) is 15.4. The Bertz CT molecular complexity index is 617. The minimum absolute atomic E-state index is 0.00243. The lowest BCUT2D eigenvalue weighted by atomic mass is 10.1. The Labute approximate surface area is 130 Å². The average Bonchev–Trinajstić information content (AvgIpc) is 3.20. The number of hydrogen-bond donors (Lipinski definition) is 2. The van der Waals surface area contributed by atoms with E-state index >= 15 is 0 Å². The number of rotatable bonds is 5. The molecule has 1 aromatic carbocycles. The van der Waals surface area contributed by atoms with Crippen LogP contribution in [0.3, 0.4) is 0 Å². The van der Waals surface area contributed by atoms with E-state index < -0.39 is 0 Å². The van der Waals surface area contributed by atoms with E-state index in [0.717, 1.165) is 24.2 Å². The molecule has 2 aromatic rings. The Hall–Kier alpha value is -2.14. The number of amides is 1. The maximum Gasteiger partial charge on any atom is 0.222 e. The quantitative estimate of drug-likeness (QED) is 0.889. The molecule has 5 heteroatoms. The van der Waals surface area contributed by atoms with Crippen molar-refractivity contribution in [3.8, 4) is 5.69 Å². The lowest BCUT2D eigenvalue weighted by Gasteiger charge is -2.17. The standard InChI is InChI=1S/C17H22N4O/c1-13(20-17(22)11-15-5-3-7-19-15)14-4-2-6-16(10-14)21-9-8-18-12-21/h2,4,6,8-10,12-13,15,19H,3,5,7,11H2,1H3,(H,20,22). The highest BCUT2D eigenvalue weighted by Gasteiger charge is 2.19. The number of nitrogens with one attached hydrogen (secondary N) is 2. The summed E-state index contributed by atoms with van der Waals surface area (Å²) in [7, 11) is 0. The molecule has 1 aliphatic heterocycles. The van der Waals surface area contributed by atoms with Gasteiger partial charge < -0.3 is 15.2 Å². The van der Waals surface area contributed by atoms with Gasteiger partial charge in [0.05, 0.1) is 12.4 Å². The summed E-state index contributed by atoms with van der Waals surface area (Å²) in [6.07, 6.45) is 8.26. The Balaban J connectivity index is 1.63. The molecular weight excluding hydrogens is 276 g/mol. The van der Waals surface area contributed by atoms with Gasteiger partial charge in [0, 0.05) is 30.5 Å². The Morgan fingerprint density at radius 2 is 2.45 bits per heavy atom. The molecule has 5 nitrogen and oxygen atoms in total. The molecule has 1 fully saturated rings. The van der Waals surface area contributed by atoms with Gasteiger partial charge in [0.1, 0.15) is 0 Å². The molecule has 1 aromatic heterocycles. The van der Waals surface area contributed by atoms with E-state index in [0.29, 0.717) is 12.5 Å². The van der Waals surface area contributed by atoms with E-state index in [1.54, 1.807) is 12.5 Å². The van der Waals surface area contributed by atoms with E-state index in [1.165, 1.54) is 6.42 Å². The van der Waals surface area contributed by atoms with Crippen molar-refractivity contribution in [1.82, 2.24) is 20.2 Å². The van der Waals surface area contributed by atoms with E-state index in [9.17, 15) is 4.79 Å². The highest BCUT2D eigenvalue weighted by Crippen LogP contribution is 2.17. The fraction of sp³-hybridized carbons (Fsp3) is 0.412. The van der Waals surface area contributed by atoms with Gasteiger partial charge in [-0.3, -0.25) is 4.79 Å². The SMILES string of the molecule is CC(NC(=O)CC1CCCN1)c1cccc(-n2ccnc2)c1. The summed E-state index contributed by atoms with van der Waals surface area (Å²) in [5.74, 6) is 0.111. The molecule has 3 rings (SSSR count). The molecular formula is C17H22N4O. The third-order valence-corrected chi connectivity index (χ3v) is 4.14. The van der Waals surface area contributed by atoms with Crippen LogP contribution < -0.4 is 10.6 Å². The number of benzene rings is 1. The van der Waals surface area contributed by atoms with E-state index in [1.807, 2.05) is 35.9 Å². The third kappa shape index (κ3) is 3.54. The van der Waals surface area contributed by atoms with Crippen LogP contribution in [0.5, 0.6) is 0 Å². The van der Waals surface area contributed by atoms with Crippen molar-refractivity contribution in [2.24, 2.45) is 0 Å². The van der Waals surface area contributed by atoms with E-state index in [2.05, 4.69) is 21.7 Å². The molecule has 116 valence electrons. The molecule has 2 unspecified atom stereocenters. The molecule has 0 saturated carbocycles. The molecule has 0 spiro atoms. The van der Waals surface area contributed by atoms with Crippen LogP contribution in [0.4, 0.5) is 0 Å². The zero-order valence-electron chi connectivity index (χ0n) is 12.8. The van der Waals surface area contributed by atoms with Gasteiger partial charge >= 0.3 is 0 Å². The van der Waals surface area contributed by atoms with Crippen molar-refractivity contribution in [3.05, 3.63) is 48.5 Å². The van der Waals surface area contributed by atoms with Crippen LogP contribution in [-0.4, -0.2) is 28.0 Å². The first-order chi connectivity index (χ1) is 10.7. The number of carbonyl (C=O) groups is 1. The van der Waals surface area contributed by atoms with Crippen LogP contribution in [0.1, 0.15) is 37.8 Å². The van der Waals surface area contributed by atoms with Crippen molar-refractivity contribution in [1.29, 1.82) is 0 Å². The predicted octanol–water partition coefficient (Wildman–Crippen LogP) is 2.19. The number of aromatic nitrogens is 2. The Kier molecular flexibility index (Phi) is 4.53. The van der Waals surface area contributed by atoms with Gasteiger partial charge in [-0.25, -0.2) is 4.98 Å². The van der Waals surface area contributed by atoms with Crippen LogP contribution in [0.15, 0.2) is 43.0 Å². The molecule has 2 atom stereocenters. The summed E-state index contributed by atoms with van der Waals surface area (Å²) in [6.45, 7) is 3.05. The van der Waals surface area contributed by atoms with E-state index in [4.69, 9.17) is 0 Å². The molecule has 0 aliphatic carbocycles. The molecule has 0 bridgehead atoms. The summed E-state index contributed by atoms with van der Waals surface area (Å²) >= 11 is 0. The van der Waals surface area contributed by atoms with Gasteiger partial charge in [0.25, 0.3) is 0 Å². The smallest absolute Gasteiger partial charge is 0.222 e. The fourth-order valence-electron chi connectivity index (χ4n) is 2.91. The summed E-state index contributed by atoms with van der Waals surface area (Å²) in [5.41, 5.74) is 2.15. The van der Waals surface area contributed by atoms with Crippen molar-refractivity contribution in [2.75, 3.05) is 6.54 Å². The second-order valence-corrected chi connectivity index (χ2v) is 5.85. The number of imidazole rings is 1. The third-order valence-electron chi connectivity index (χ3n) is 4.14. The first-order valence-electron chi connectivity index (χ1n) is 7.83. The largest absolute Gasteiger partial charge is 0.350 e. The second kappa shape index (κ2) is 6.75. The van der Waals surface area contributed by atoms with Crippen molar-refractivity contribution in [2.45, 2.75) is 38.3 Å². The van der Waals surface area contributed by atoms with Crippen LogP contribution in [0.2, 0.25) is 0 Å². The van der Waals surface area contributed by atoms with Crippen LogP contribution >= 0.6 is 0 Å². The Morgan fingerprint density at radius 1 is 1.55 bits per heavy atom. The van der Waals surface area contributed by atoms with Crippen LogP contribution in [0.25, 0.3) is 5.69 Å². The van der Waals surface area contributed by atoms with Crippen molar-refractivity contribution in [3.63, 3.8) is 0 Å². The summed E-state index contributed by atoms with van der Waals surface area (Å²) in [4.78, 5) is 16.2. The minimum atomic E-state index is -0.00243. The van der Waals surface area contributed by atoms with Gasteiger partial charge in [-0.15, -0.1) is 0 Å². The van der Waals surface area contributed by atoms with Gasteiger partial charge in [-0.2, -0.15) is 0 Å². The molecule has 22 heavy (non-hydrogen) atoms. The lowest BCUT2D eigenvalue weighted by Crippen LogP contribution is -2.33. The molecule has 1 aliphatic rings. The predicted molar refractivity (Wildman–Crippen MR) is 85.8 cm³/mol. The number of hydrogen-bond acceptors (Lipinski definition) is 3. The van der Waals surface area contributed by atoms with E-state index in [-0.39, 0.29) is 11.9 Å². The monoisotopic (exact) mass is 298 g/mol. The lowest BCUT2D eigenvalue weighted by molar-refractivity contribution is -0.122. The summed E-state index contributed by atoms with van der Waals surface area (Å²) < 4.78 is 1.96. The number of carbonyl (C=O) groups excluding carboxylic acids is 1. The fourth-order valence-corrected chi connectivity index (χ4v) is 2.91. The number of nitrogens with zero attached hydrogens (tertiary/aromatic N) is 2. The molecule has 0 radical (unpaired) electrons. The van der Waals surface area contributed by atoms with Gasteiger partial charge in [0.15, 0.2) is 0 Å². The molecule has 1 amide bonds. The van der Waals surface area contributed by atoms with Gasteiger partial charge in [0.2, 0.25) is 5.91 Å². The maximum absolute atomic E-state index is 12.1. The van der Waals surface area contributed by atoms with Crippen LogP contribution in [0, 0.1) is 0 Å². The average molecular weight is 298 g/mol. The zero-order valence-corrected chi connectivity index (χ0v) is 12.8. The highest BCUT2D eigenvalue weighted by molar-refractivity contribution is 5.77. The molecule has 1 saturated heterocycles. The van der Waals surface area contributed by atoms with Crippen LogP contribution in [-0.2, 0) is 4.79 Å². The first-order valence-corrected chi connectivity index (χ1v) is 7.83.